The highest BCUT2D eigenvalue weighted by Crippen LogP contribution is 2.28. The van der Waals surface area contributed by atoms with Gasteiger partial charge >= 0.3 is 0 Å². The van der Waals surface area contributed by atoms with Crippen molar-refractivity contribution in [1.29, 1.82) is 0 Å². The van der Waals surface area contributed by atoms with Crippen molar-refractivity contribution in [3.8, 4) is 11.5 Å². The van der Waals surface area contributed by atoms with Crippen molar-refractivity contribution < 1.29 is 18.7 Å². The van der Waals surface area contributed by atoms with Crippen molar-refractivity contribution in [3.63, 3.8) is 0 Å². The van der Waals surface area contributed by atoms with Crippen molar-refractivity contribution in [1.82, 2.24) is 9.80 Å². The molecule has 1 fully saturated rings. The van der Waals surface area contributed by atoms with Gasteiger partial charge < -0.3 is 14.4 Å². The van der Waals surface area contributed by atoms with Crippen LogP contribution < -0.4 is 9.47 Å². The van der Waals surface area contributed by atoms with E-state index in [1.54, 1.807) is 20.3 Å². The first-order valence-electron chi connectivity index (χ1n) is 9.55. The van der Waals surface area contributed by atoms with Crippen LogP contribution in [0.1, 0.15) is 17.5 Å². The van der Waals surface area contributed by atoms with Crippen molar-refractivity contribution in [3.05, 3.63) is 59.4 Å². The third-order valence-electron chi connectivity index (χ3n) is 5.15. The monoisotopic (exact) mass is 386 g/mol. The highest BCUT2D eigenvalue weighted by atomic mass is 19.1. The average Bonchev–Trinajstić information content (AvgIpc) is 2.74. The first-order chi connectivity index (χ1) is 13.6. The lowest BCUT2D eigenvalue weighted by molar-refractivity contribution is -0.133. The summed E-state index contributed by atoms with van der Waals surface area (Å²) in [5.41, 5.74) is 1.75. The quantitative estimate of drug-likeness (QED) is 0.733. The standard InChI is InChI=1S/C22H27FN2O3/c1-27-20-9-7-17(15-21(20)28-2)8-10-22(26)25-13-11-24(12-14-25)16-18-5-3-4-6-19(18)23/h3-7,9,15H,8,10-14,16H2,1-2H3. The van der Waals surface area contributed by atoms with Crippen molar-refractivity contribution in [2.75, 3.05) is 40.4 Å². The maximum Gasteiger partial charge on any atom is 0.222 e. The van der Waals surface area contributed by atoms with Gasteiger partial charge in [-0.3, -0.25) is 9.69 Å². The van der Waals surface area contributed by atoms with Gasteiger partial charge in [0.15, 0.2) is 11.5 Å². The summed E-state index contributed by atoms with van der Waals surface area (Å²) >= 11 is 0. The summed E-state index contributed by atoms with van der Waals surface area (Å²) in [6, 6.07) is 12.6. The molecule has 1 aliphatic rings. The molecule has 0 unspecified atom stereocenters. The van der Waals surface area contributed by atoms with E-state index in [4.69, 9.17) is 9.47 Å². The summed E-state index contributed by atoms with van der Waals surface area (Å²) < 4.78 is 24.4. The molecule has 0 N–H and O–H groups in total. The number of amides is 1. The van der Waals surface area contributed by atoms with Gasteiger partial charge in [0, 0.05) is 44.7 Å². The summed E-state index contributed by atoms with van der Waals surface area (Å²) in [7, 11) is 3.21. The fraction of sp³-hybridized carbons (Fsp3) is 0.409. The Bertz CT molecular complexity index is 804. The molecule has 0 aliphatic carbocycles. The van der Waals surface area contributed by atoms with Crippen molar-refractivity contribution >= 4 is 5.91 Å². The van der Waals surface area contributed by atoms with Gasteiger partial charge in [-0.25, -0.2) is 4.39 Å². The Hall–Kier alpha value is -2.60. The van der Waals surface area contributed by atoms with Crippen molar-refractivity contribution in [2.45, 2.75) is 19.4 Å². The molecule has 2 aromatic rings. The molecule has 150 valence electrons. The topological polar surface area (TPSA) is 42.0 Å². The Morgan fingerprint density at radius 3 is 2.39 bits per heavy atom. The van der Waals surface area contributed by atoms with Gasteiger partial charge in [0.2, 0.25) is 5.91 Å². The van der Waals surface area contributed by atoms with Crippen LogP contribution in [0.15, 0.2) is 42.5 Å². The molecule has 1 aliphatic heterocycles. The first kappa shape index (κ1) is 20.1. The summed E-state index contributed by atoms with van der Waals surface area (Å²) in [4.78, 5) is 16.7. The van der Waals surface area contributed by atoms with Crippen LogP contribution in [0.4, 0.5) is 4.39 Å². The maximum absolute atomic E-state index is 13.8. The molecule has 3 rings (SSSR count). The molecule has 0 spiro atoms. The highest BCUT2D eigenvalue weighted by molar-refractivity contribution is 5.76. The molecule has 2 aromatic carbocycles. The van der Waals surface area contributed by atoms with Crippen LogP contribution in [-0.4, -0.2) is 56.1 Å². The van der Waals surface area contributed by atoms with Crippen LogP contribution in [0.25, 0.3) is 0 Å². The Balaban J connectivity index is 1.47. The Labute approximate surface area is 165 Å². The molecule has 0 atom stereocenters. The number of hydrogen-bond donors (Lipinski definition) is 0. The number of methoxy groups -OCH3 is 2. The fourth-order valence-electron chi connectivity index (χ4n) is 3.47. The number of carbonyl (C=O) groups excluding carboxylic acids is 1. The zero-order valence-corrected chi connectivity index (χ0v) is 16.5. The predicted molar refractivity (Wildman–Crippen MR) is 106 cm³/mol. The normalized spacial score (nSPS) is 14.8. The molecule has 1 heterocycles. The van der Waals surface area contributed by atoms with E-state index in [1.807, 2.05) is 35.2 Å². The largest absolute Gasteiger partial charge is 0.493 e. The van der Waals surface area contributed by atoms with Crippen LogP contribution in [0.5, 0.6) is 11.5 Å². The van der Waals surface area contributed by atoms with E-state index in [2.05, 4.69) is 4.90 Å². The highest BCUT2D eigenvalue weighted by Gasteiger charge is 2.21. The second kappa shape index (κ2) is 9.55. The lowest BCUT2D eigenvalue weighted by atomic mass is 10.1. The van der Waals surface area contributed by atoms with Crippen LogP contribution >= 0.6 is 0 Å². The number of aryl methyl sites for hydroxylation is 1. The van der Waals surface area contributed by atoms with E-state index in [0.29, 0.717) is 49.5 Å². The number of piperazine rings is 1. The number of halogens is 1. The zero-order valence-electron chi connectivity index (χ0n) is 16.5. The second-order valence-corrected chi connectivity index (χ2v) is 6.94. The number of carbonyl (C=O) groups is 1. The number of nitrogens with zero attached hydrogens (tertiary/aromatic N) is 2. The molecule has 0 aromatic heterocycles. The first-order valence-corrected chi connectivity index (χ1v) is 9.55. The fourth-order valence-corrected chi connectivity index (χ4v) is 3.47. The van der Waals surface area contributed by atoms with E-state index in [1.165, 1.54) is 6.07 Å². The SMILES string of the molecule is COc1ccc(CCC(=O)N2CCN(Cc3ccccc3F)CC2)cc1OC. The third kappa shape index (κ3) is 5.01. The lowest BCUT2D eigenvalue weighted by Gasteiger charge is -2.35. The maximum atomic E-state index is 13.8. The minimum absolute atomic E-state index is 0.153. The Morgan fingerprint density at radius 1 is 1.00 bits per heavy atom. The number of hydrogen-bond acceptors (Lipinski definition) is 4. The summed E-state index contributed by atoms with van der Waals surface area (Å²) in [5, 5.41) is 0. The van der Waals surface area contributed by atoms with E-state index < -0.39 is 0 Å². The van der Waals surface area contributed by atoms with Gasteiger partial charge in [-0.2, -0.15) is 0 Å². The minimum Gasteiger partial charge on any atom is -0.493 e. The van der Waals surface area contributed by atoms with Gasteiger partial charge in [0.05, 0.1) is 14.2 Å². The molecule has 5 nitrogen and oxygen atoms in total. The van der Waals surface area contributed by atoms with Gasteiger partial charge in [0.1, 0.15) is 5.82 Å². The summed E-state index contributed by atoms with van der Waals surface area (Å²) in [6.07, 6.45) is 1.12. The van der Waals surface area contributed by atoms with Crippen LogP contribution in [0, 0.1) is 5.82 Å². The molecular formula is C22H27FN2O3. The van der Waals surface area contributed by atoms with Crippen LogP contribution in [0.3, 0.4) is 0 Å². The lowest BCUT2D eigenvalue weighted by Crippen LogP contribution is -2.48. The van der Waals surface area contributed by atoms with Gasteiger partial charge in [-0.05, 0) is 30.2 Å². The predicted octanol–water partition coefficient (Wildman–Crippen LogP) is 3.12. The molecule has 0 radical (unpaired) electrons. The molecule has 28 heavy (non-hydrogen) atoms. The van der Waals surface area contributed by atoms with Gasteiger partial charge in [-0.1, -0.05) is 24.3 Å². The average molecular weight is 386 g/mol. The van der Waals surface area contributed by atoms with E-state index in [-0.39, 0.29) is 11.7 Å². The summed E-state index contributed by atoms with van der Waals surface area (Å²) in [6.45, 7) is 3.46. The van der Waals surface area contributed by atoms with Crippen LogP contribution in [0.2, 0.25) is 0 Å². The van der Waals surface area contributed by atoms with Crippen molar-refractivity contribution in [2.24, 2.45) is 0 Å². The number of ether oxygens (including phenoxy) is 2. The molecular weight excluding hydrogens is 359 g/mol. The minimum atomic E-state index is -0.170. The molecule has 1 saturated heterocycles. The molecule has 1 amide bonds. The molecule has 0 saturated carbocycles. The smallest absolute Gasteiger partial charge is 0.222 e. The van der Waals surface area contributed by atoms with E-state index >= 15 is 0 Å². The van der Waals surface area contributed by atoms with E-state index in [9.17, 15) is 9.18 Å². The number of benzene rings is 2. The second-order valence-electron chi connectivity index (χ2n) is 6.94. The third-order valence-corrected chi connectivity index (χ3v) is 5.15. The van der Waals surface area contributed by atoms with Crippen LogP contribution in [-0.2, 0) is 17.8 Å². The van der Waals surface area contributed by atoms with Gasteiger partial charge in [-0.15, -0.1) is 0 Å². The summed E-state index contributed by atoms with van der Waals surface area (Å²) in [5.74, 6) is 1.34. The van der Waals surface area contributed by atoms with E-state index in [0.717, 1.165) is 18.7 Å². The number of rotatable bonds is 7. The van der Waals surface area contributed by atoms with Gasteiger partial charge in [0.25, 0.3) is 0 Å². The Morgan fingerprint density at radius 2 is 1.71 bits per heavy atom. The zero-order chi connectivity index (χ0) is 19.9. The Kier molecular flexibility index (Phi) is 6.87. The molecule has 6 heteroatoms. The molecule has 0 bridgehead atoms.